The van der Waals surface area contributed by atoms with Crippen molar-refractivity contribution in [1.82, 2.24) is 19.7 Å². The van der Waals surface area contributed by atoms with Gasteiger partial charge >= 0.3 is 0 Å². The van der Waals surface area contributed by atoms with Gasteiger partial charge in [0, 0.05) is 17.9 Å². The van der Waals surface area contributed by atoms with E-state index in [1.807, 2.05) is 0 Å². The molecule has 2 aromatic carbocycles. The van der Waals surface area contributed by atoms with Crippen LogP contribution in [0, 0.1) is 5.82 Å². The number of aliphatic hydroxyl groups excluding tert-OH is 1. The van der Waals surface area contributed by atoms with Gasteiger partial charge in [-0.2, -0.15) is 0 Å². The number of hydrogen-bond acceptors (Lipinski definition) is 11. The van der Waals surface area contributed by atoms with Gasteiger partial charge in [-0.05, 0) is 44.2 Å². The number of sulfonamides is 1. The quantitative estimate of drug-likeness (QED) is 0.234. The molecule has 0 amide bonds. The second-order valence-corrected chi connectivity index (χ2v) is 13.3. The molecule has 0 saturated heterocycles. The number of nitrogens with zero attached hydrogens (tertiary/aromatic N) is 4. The van der Waals surface area contributed by atoms with Gasteiger partial charge < -0.3 is 19.3 Å². The van der Waals surface area contributed by atoms with Crippen LogP contribution in [0.3, 0.4) is 0 Å². The van der Waals surface area contributed by atoms with Crippen LogP contribution in [0.25, 0.3) is 17.2 Å². The van der Waals surface area contributed by atoms with Crippen LogP contribution in [0.1, 0.15) is 25.5 Å². The SMILES string of the molecule is CCOc1cccc(-c2nnc(NS(=O)(=O)[C@@H](C)[C@@H](O)c3ccc(F)cc3S(C)(=O)=O)n2-c2c(OC)cccc2OC)n1. The van der Waals surface area contributed by atoms with E-state index in [0.717, 1.165) is 24.5 Å². The highest BCUT2D eigenvalue weighted by Crippen LogP contribution is 2.38. The lowest BCUT2D eigenvalue weighted by molar-refractivity contribution is 0.173. The molecule has 43 heavy (non-hydrogen) atoms. The highest BCUT2D eigenvalue weighted by atomic mass is 32.2. The van der Waals surface area contributed by atoms with E-state index >= 15 is 0 Å². The Morgan fingerprint density at radius 1 is 1.00 bits per heavy atom. The third-order valence-electron chi connectivity index (χ3n) is 6.39. The minimum Gasteiger partial charge on any atom is -0.494 e. The molecule has 4 rings (SSSR count). The van der Waals surface area contributed by atoms with Crippen LogP contribution < -0.4 is 18.9 Å². The van der Waals surface area contributed by atoms with Crippen molar-refractivity contribution in [2.75, 3.05) is 31.8 Å². The lowest BCUT2D eigenvalue weighted by Crippen LogP contribution is -2.32. The largest absolute Gasteiger partial charge is 0.494 e. The molecule has 4 aromatic rings. The normalized spacial score (nSPS) is 13.3. The van der Waals surface area contributed by atoms with Crippen molar-refractivity contribution in [2.24, 2.45) is 0 Å². The fourth-order valence-electron chi connectivity index (χ4n) is 4.26. The van der Waals surface area contributed by atoms with Crippen molar-refractivity contribution < 1.29 is 40.5 Å². The number of ether oxygens (including phenoxy) is 3. The molecule has 0 unspecified atom stereocenters. The maximum Gasteiger partial charge on any atom is 0.243 e. The molecule has 0 fully saturated rings. The smallest absolute Gasteiger partial charge is 0.243 e. The Bertz CT molecular complexity index is 1830. The van der Waals surface area contributed by atoms with E-state index in [0.29, 0.717) is 12.5 Å². The Hall–Kier alpha value is -4.28. The van der Waals surface area contributed by atoms with Crippen LogP contribution in [-0.2, 0) is 19.9 Å². The zero-order valence-corrected chi connectivity index (χ0v) is 25.5. The van der Waals surface area contributed by atoms with Gasteiger partial charge in [-0.3, -0.25) is 9.29 Å². The number of benzene rings is 2. The Kier molecular flexibility index (Phi) is 9.22. The number of anilines is 1. The number of para-hydroxylation sites is 1. The van der Waals surface area contributed by atoms with Gasteiger partial charge in [-0.1, -0.05) is 18.2 Å². The van der Waals surface area contributed by atoms with Crippen LogP contribution in [-0.4, -0.2) is 74.0 Å². The van der Waals surface area contributed by atoms with Crippen LogP contribution in [0.4, 0.5) is 10.3 Å². The fourth-order valence-corrected chi connectivity index (χ4v) is 6.27. The summed E-state index contributed by atoms with van der Waals surface area (Å²) in [6.07, 6.45) is -1.04. The molecule has 0 radical (unpaired) electrons. The van der Waals surface area contributed by atoms with Gasteiger partial charge in [0.2, 0.25) is 21.9 Å². The number of nitrogens with one attached hydrogen (secondary N) is 1. The maximum atomic E-state index is 13.9. The summed E-state index contributed by atoms with van der Waals surface area (Å²) in [7, 11) is -5.71. The van der Waals surface area contributed by atoms with E-state index in [9.17, 15) is 26.3 Å². The molecule has 2 atom stereocenters. The molecule has 0 saturated carbocycles. The van der Waals surface area contributed by atoms with Crippen molar-refractivity contribution in [3.63, 3.8) is 0 Å². The van der Waals surface area contributed by atoms with Crippen molar-refractivity contribution >= 4 is 25.8 Å². The van der Waals surface area contributed by atoms with Gasteiger partial charge in [0.25, 0.3) is 0 Å². The summed E-state index contributed by atoms with van der Waals surface area (Å²) in [4.78, 5) is 3.91. The van der Waals surface area contributed by atoms with Crippen LogP contribution in [0.2, 0.25) is 0 Å². The zero-order valence-electron chi connectivity index (χ0n) is 23.8. The number of aliphatic hydroxyl groups is 1. The molecule has 2 heterocycles. The summed E-state index contributed by atoms with van der Waals surface area (Å²) in [5.41, 5.74) is 0.223. The number of sulfone groups is 1. The van der Waals surface area contributed by atoms with Gasteiger partial charge in [0.15, 0.2) is 15.7 Å². The minimum atomic E-state index is -4.53. The molecular formula is C27H30FN5O8S2. The standard InChI is InChI=1S/C27H30FN5O8S2/c1-6-41-23-12-7-9-19(29-23)26-30-31-27(33(26)24-20(39-3)10-8-11-21(24)40-4)32-43(37,38)16(2)25(34)18-14-13-17(28)15-22(18)42(5,35)36/h7-16,25,34H,6H2,1-5H3,(H,31,32)/t16-,25+/m0/s1. The number of methoxy groups -OCH3 is 2. The molecule has 0 aliphatic heterocycles. The molecule has 2 N–H and O–H groups in total. The second-order valence-electron chi connectivity index (χ2n) is 9.24. The van der Waals surface area contributed by atoms with Crippen molar-refractivity contribution in [1.29, 1.82) is 0 Å². The first kappa shape index (κ1) is 31.7. The monoisotopic (exact) mass is 635 g/mol. The Morgan fingerprint density at radius 2 is 1.65 bits per heavy atom. The average molecular weight is 636 g/mol. The number of hydrogen-bond donors (Lipinski definition) is 2. The predicted octanol–water partition coefficient (Wildman–Crippen LogP) is 3.15. The number of halogens is 1. The predicted molar refractivity (Wildman–Crippen MR) is 155 cm³/mol. The summed E-state index contributed by atoms with van der Waals surface area (Å²) in [5.74, 6) is -0.242. The maximum absolute atomic E-state index is 13.9. The first-order valence-electron chi connectivity index (χ1n) is 12.8. The molecule has 230 valence electrons. The number of rotatable bonds is 12. The average Bonchev–Trinajstić information content (AvgIpc) is 3.37. The van der Waals surface area contributed by atoms with Gasteiger partial charge in [0.1, 0.15) is 33.9 Å². The molecule has 0 bridgehead atoms. The third kappa shape index (κ3) is 6.55. The lowest BCUT2D eigenvalue weighted by atomic mass is 10.1. The molecule has 16 heteroatoms. The third-order valence-corrected chi connectivity index (χ3v) is 9.25. The Labute approximate surface area is 248 Å². The van der Waals surface area contributed by atoms with E-state index < -0.39 is 41.9 Å². The molecule has 0 aliphatic carbocycles. The van der Waals surface area contributed by atoms with Crippen molar-refractivity contribution in [3.8, 4) is 34.6 Å². The van der Waals surface area contributed by atoms with E-state index in [4.69, 9.17) is 14.2 Å². The molecule has 0 aliphatic rings. The summed E-state index contributed by atoms with van der Waals surface area (Å²) in [6, 6.07) is 12.5. The highest BCUT2D eigenvalue weighted by Gasteiger charge is 2.35. The van der Waals surface area contributed by atoms with Crippen molar-refractivity contribution in [3.05, 3.63) is 66.0 Å². The number of pyridine rings is 1. The zero-order chi connectivity index (χ0) is 31.5. The van der Waals surface area contributed by atoms with E-state index in [2.05, 4.69) is 19.9 Å². The summed E-state index contributed by atoms with van der Waals surface area (Å²) in [5, 5.41) is 17.7. The topological polar surface area (TPSA) is 172 Å². The fraction of sp³-hybridized carbons (Fsp3) is 0.296. The lowest BCUT2D eigenvalue weighted by Gasteiger charge is -2.23. The summed E-state index contributed by atoms with van der Waals surface area (Å²) >= 11 is 0. The molecular weight excluding hydrogens is 605 g/mol. The Balaban J connectivity index is 1.86. The number of aromatic nitrogens is 4. The van der Waals surface area contributed by atoms with Gasteiger partial charge in [-0.15, -0.1) is 10.2 Å². The van der Waals surface area contributed by atoms with Crippen LogP contribution in [0.15, 0.2) is 59.5 Å². The summed E-state index contributed by atoms with van der Waals surface area (Å²) in [6.45, 7) is 3.31. The van der Waals surface area contributed by atoms with Crippen LogP contribution in [0.5, 0.6) is 17.4 Å². The first-order valence-corrected chi connectivity index (χ1v) is 16.2. The summed E-state index contributed by atoms with van der Waals surface area (Å²) < 4.78 is 86.0. The second kappa shape index (κ2) is 12.5. The first-order chi connectivity index (χ1) is 20.3. The van der Waals surface area contributed by atoms with Gasteiger partial charge in [-0.25, -0.2) is 26.2 Å². The van der Waals surface area contributed by atoms with Crippen LogP contribution >= 0.6 is 0 Å². The van der Waals surface area contributed by atoms with E-state index in [1.54, 1.807) is 43.3 Å². The highest BCUT2D eigenvalue weighted by molar-refractivity contribution is 7.93. The van der Waals surface area contributed by atoms with Gasteiger partial charge in [0.05, 0.1) is 31.8 Å². The van der Waals surface area contributed by atoms with E-state index in [-0.39, 0.29) is 40.2 Å². The molecule has 13 nitrogen and oxygen atoms in total. The minimum absolute atomic E-state index is 0.0909. The molecule has 2 aromatic heterocycles. The Morgan fingerprint density at radius 3 is 2.26 bits per heavy atom. The molecule has 0 spiro atoms. The van der Waals surface area contributed by atoms with Crippen molar-refractivity contribution in [2.45, 2.75) is 30.1 Å². The van der Waals surface area contributed by atoms with E-state index in [1.165, 1.54) is 25.7 Å².